The minimum Gasteiger partial charge on any atom is -0.508 e. The molecule has 0 aliphatic rings. The zero-order valence-corrected chi connectivity index (χ0v) is 14.3. The summed E-state index contributed by atoms with van der Waals surface area (Å²) in [5.41, 5.74) is 7.95. The molecular weight excluding hydrogens is 336 g/mol. The number of aryl methyl sites for hydroxylation is 1. The Morgan fingerprint density at radius 2 is 1.76 bits per heavy atom. The Balaban J connectivity index is 1.82. The Bertz CT molecular complexity index is 946. The smallest absolute Gasteiger partial charge is 0.265 e. The molecule has 0 aliphatic heterocycles. The number of thiophene rings is 1. The van der Waals surface area contributed by atoms with Gasteiger partial charge >= 0.3 is 0 Å². The summed E-state index contributed by atoms with van der Waals surface area (Å²) in [5.74, 6) is -0.593. The van der Waals surface area contributed by atoms with Gasteiger partial charge in [0.2, 0.25) is 5.91 Å². The molecule has 3 aromatic rings. The van der Waals surface area contributed by atoms with Crippen molar-refractivity contribution >= 4 is 28.8 Å². The van der Waals surface area contributed by atoms with E-state index in [4.69, 9.17) is 5.73 Å². The van der Waals surface area contributed by atoms with Crippen molar-refractivity contribution in [1.29, 1.82) is 0 Å². The summed E-state index contributed by atoms with van der Waals surface area (Å²) in [7, 11) is 0. The van der Waals surface area contributed by atoms with Crippen LogP contribution in [-0.4, -0.2) is 16.9 Å². The molecule has 126 valence electrons. The number of hydrogen-bond acceptors (Lipinski definition) is 4. The predicted molar refractivity (Wildman–Crippen MR) is 99.1 cm³/mol. The van der Waals surface area contributed by atoms with Crippen LogP contribution in [0.1, 0.15) is 25.6 Å². The van der Waals surface area contributed by atoms with E-state index < -0.39 is 5.91 Å². The maximum Gasteiger partial charge on any atom is 0.265 e. The molecule has 2 aromatic carbocycles. The van der Waals surface area contributed by atoms with Gasteiger partial charge in [0.15, 0.2) is 0 Å². The van der Waals surface area contributed by atoms with Gasteiger partial charge in [-0.25, -0.2) is 0 Å². The first-order chi connectivity index (χ1) is 11.9. The number of carbonyl (C=O) groups is 2. The van der Waals surface area contributed by atoms with Crippen LogP contribution in [0.25, 0.3) is 10.4 Å². The number of hydrogen-bond donors (Lipinski definition) is 3. The van der Waals surface area contributed by atoms with E-state index >= 15 is 0 Å². The number of amides is 2. The summed E-state index contributed by atoms with van der Waals surface area (Å²) < 4.78 is 0. The Morgan fingerprint density at radius 1 is 1.04 bits per heavy atom. The molecule has 0 saturated carbocycles. The molecule has 2 amide bonds. The number of benzene rings is 2. The van der Waals surface area contributed by atoms with Crippen LogP contribution >= 0.6 is 11.3 Å². The van der Waals surface area contributed by atoms with Crippen LogP contribution in [0.4, 0.5) is 5.69 Å². The molecule has 4 N–H and O–H groups in total. The van der Waals surface area contributed by atoms with Gasteiger partial charge in [0, 0.05) is 16.1 Å². The highest BCUT2D eigenvalue weighted by atomic mass is 32.1. The first kappa shape index (κ1) is 16.7. The highest BCUT2D eigenvalue weighted by Gasteiger charge is 2.13. The second-order valence-corrected chi connectivity index (χ2v) is 6.64. The number of rotatable bonds is 4. The van der Waals surface area contributed by atoms with E-state index in [0.29, 0.717) is 16.1 Å². The Kier molecular flexibility index (Phi) is 4.54. The molecule has 0 spiro atoms. The molecule has 1 aromatic heterocycles. The first-order valence-electron chi connectivity index (χ1n) is 7.55. The van der Waals surface area contributed by atoms with Gasteiger partial charge in [0.25, 0.3) is 5.91 Å². The lowest BCUT2D eigenvalue weighted by atomic mass is 10.1. The average Bonchev–Trinajstić information content (AvgIpc) is 3.07. The van der Waals surface area contributed by atoms with Crippen molar-refractivity contribution in [3.8, 4) is 16.2 Å². The highest BCUT2D eigenvalue weighted by Crippen LogP contribution is 2.30. The van der Waals surface area contributed by atoms with Crippen molar-refractivity contribution in [1.82, 2.24) is 0 Å². The lowest BCUT2D eigenvalue weighted by Crippen LogP contribution is -2.14. The monoisotopic (exact) mass is 352 g/mol. The van der Waals surface area contributed by atoms with Crippen molar-refractivity contribution < 1.29 is 14.7 Å². The molecule has 0 unspecified atom stereocenters. The van der Waals surface area contributed by atoms with Gasteiger partial charge in [-0.2, -0.15) is 0 Å². The van der Waals surface area contributed by atoms with E-state index in [1.54, 1.807) is 48.5 Å². The number of aromatic hydroxyl groups is 1. The summed E-state index contributed by atoms with van der Waals surface area (Å²) in [4.78, 5) is 25.3. The minimum absolute atomic E-state index is 0.197. The maximum absolute atomic E-state index is 12.5. The fourth-order valence-corrected chi connectivity index (χ4v) is 3.24. The van der Waals surface area contributed by atoms with Gasteiger partial charge in [-0.15, -0.1) is 11.3 Å². The normalized spacial score (nSPS) is 10.4. The van der Waals surface area contributed by atoms with Crippen LogP contribution in [0.2, 0.25) is 0 Å². The van der Waals surface area contributed by atoms with Crippen LogP contribution in [0.3, 0.4) is 0 Å². The number of phenols is 1. The summed E-state index contributed by atoms with van der Waals surface area (Å²) >= 11 is 1.35. The van der Waals surface area contributed by atoms with Gasteiger partial charge in [0.05, 0.1) is 4.88 Å². The van der Waals surface area contributed by atoms with Crippen molar-refractivity contribution in [2.75, 3.05) is 5.32 Å². The van der Waals surface area contributed by atoms with E-state index in [9.17, 15) is 14.7 Å². The quantitative estimate of drug-likeness (QED) is 0.667. The zero-order chi connectivity index (χ0) is 18.0. The van der Waals surface area contributed by atoms with Gasteiger partial charge in [-0.05, 0) is 66.6 Å². The van der Waals surface area contributed by atoms with Crippen LogP contribution in [0.15, 0.2) is 54.6 Å². The fraction of sp³-hybridized carbons (Fsp3) is 0.0526. The summed E-state index contributed by atoms with van der Waals surface area (Å²) in [6.45, 7) is 1.84. The largest absolute Gasteiger partial charge is 0.508 e. The third-order valence-corrected chi connectivity index (χ3v) is 4.88. The Morgan fingerprint density at radius 3 is 2.44 bits per heavy atom. The van der Waals surface area contributed by atoms with Gasteiger partial charge in [0.1, 0.15) is 5.75 Å². The number of nitrogens with two attached hydrogens (primary N) is 1. The summed E-state index contributed by atoms with van der Waals surface area (Å²) in [5, 5.41) is 12.2. The van der Waals surface area contributed by atoms with Crippen LogP contribution < -0.4 is 11.1 Å². The molecule has 0 fully saturated rings. The minimum atomic E-state index is -0.541. The Hall–Kier alpha value is -3.12. The third kappa shape index (κ3) is 3.70. The molecule has 0 radical (unpaired) electrons. The SMILES string of the molecule is Cc1ccc(C(N)=O)cc1NC(=O)c1ccc(-c2ccc(O)cc2)s1. The molecule has 3 rings (SSSR count). The predicted octanol–water partition coefficient (Wildman–Crippen LogP) is 3.78. The topological polar surface area (TPSA) is 92.4 Å². The number of phenolic OH excluding ortho intramolecular Hbond substituents is 1. The summed E-state index contributed by atoms with van der Waals surface area (Å²) in [6, 6.07) is 15.3. The Labute approximate surface area is 148 Å². The van der Waals surface area contributed by atoms with Crippen LogP contribution in [0, 0.1) is 6.92 Å². The second-order valence-electron chi connectivity index (χ2n) is 5.56. The van der Waals surface area contributed by atoms with Crippen molar-refractivity contribution in [2.24, 2.45) is 5.73 Å². The molecule has 5 nitrogen and oxygen atoms in total. The van der Waals surface area contributed by atoms with Gasteiger partial charge < -0.3 is 16.2 Å². The van der Waals surface area contributed by atoms with Gasteiger partial charge in [-0.1, -0.05) is 6.07 Å². The van der Waals surface area contributed by atoms with Crippen molar-refractivity contribution in [2.45, 2.75) is 6.92 Å². The van der Waals surface area contributed by atoms with Crippen LogP contribution in [-0.2, 0) is 0 Å². The molecule has 0 bridgehead atoms. The van der Waals surface area contributed by atoms with E-state index in [1.165, 1.54) is 11.3 Å². The maximum atomic E-state index is 12.5. The molecular formula is C19H16N2O3S. The van der Waals surface area contributed by atoms with Crippen molar-refractivity contribution in [3.05, 3.63) is 70.6 Å². The van der Waals surface area contributed by atoms with Crippen molar-refractivity contribution in [3.63, 3.8) is 0 Å². The number of nitrogens with one attached hydrogen (secondary N) is 1. The van der Waals surface area contributed by atoms with E-state index in [1.807, 2.05) is 13.0 Å². The van der Waals surface area contributed by atoms with Crippen LogP contribution in [0.5, 0.6) is 5.75 Å². The fourth-order valence-electron chi connectivity index (χ4n) is 2.33. The van der Waals surface area contributed by atoms with E-state index in [2.05, 4.69) is 5.32 Å². The lowest BCUT2D eigenvalue weighted by molar-refractivity contribution is 0.0996. The third-order valence-electron chi connectivity index (χ3n) is 3.75. The molecule has 0 atom stereocenters. The van der Waals surface area contributed by atoms with Gasteiger partial charge in [-0.3, -0.25) is 9.59 Å². The number of anilines is 1. The molecule has 6 heteroatoms. The summed E-state index contributed by atoms with van der Waals surface area (Å²) in [6.07, 6.45) is 0. The van der Waals surface area contributed by atoms with E-state index in [0.717, 1.165) is 16.0 Å². The standard InChI is InChI=1S/C19H16N2O3S/c1-11-2-3-13(18(20)23)10-15(11)21-19(24)17-9-8-16(25-17)12-4-6-14(22)7-5-12/h2-10,22H,1H3,(H2,20,23)(H,21,24). The number of carbonyl (C=O) groups excluding carboxylic acids is 2. The molecule has 25 heavy (non-hydrogen) atoms. The number of primary amides is 1. The second kappa shape index (κ2) is 6.78. The lowest BCUT2D eigenvalue weighted by Gasteiger charge is -2.08. The molecule has 0 aliphatic carbocycles. The average molecular weight is 352 g/mol. The zero-order valence-electron chi connectivity index (χ0n) is 13.4. The molecule has 1 heterocycles. The molecule has 0 saturated heterocycles. The van der Waals surface area contributed by atoms with E-state index in [-0.39, 0.29) is 11.7 Å². The first-order valence-corrected chi connectivity index (χ1v) is 8.37. The highest BCUT2D eigenvalue weighted by molar-refractivity contribution is 7.17.